The van der Waals surface area contributed by atoms with Gasteiger partial charge in [0.15, 0.2) is 0 Å². The topological polar surface area (TPSA) is 35.5 Å². The SMILES string of the molecule is CCCC(C)(O)CNC1CCN(C)CC1C. The van der Waals surface area contributed by atoms with Gasteiger partial charge >= 0.3 is 0 Å². The van der Waals surface area contributed by atoms with Crippen LogP contribution >= 0.6 is 0 Å². The second-order valence-electron chi connectivity index (χ2n) is 5.76. The van der Waals surface area contributed by atoms with Crippen LogP contribution in [0.2, 0.25) is 0 Å². The Hall–Kier alpha value is -0.120. The molecular formula is C13H28N2O. The first kappa shape index (κ1) is 13.9. The summed E-state index contributed by atoms with van der Waals surface area (Å²) in [6, 6.07) is 0.569. The summed E-state index contributed by atoms with van der Waals surface area (Å²) in [6.07, 6.45) is 3.11. The third kappa shape index (κ3) is 4.40. The molecule has 3 nitrogen and oxygen atoms in total. The monoisotopic (exact) mass is 228 g/mol. The maximum absolute atomic E-state index is 10.1. The Labute approximate surface area is 100 Å². The number of nitrogens with one attached hydrogen (secondary N) is 1. The minimum Gasteiger partial charge on any atom is -0.389 e. The summed E-state index contributed by atoms with van der Waals surface area (Å²) in [5.74, 6) is 0.677. The van der Waals surface area contributed by atoms with Crippen molar-refractivity contribution in [3.8, 4) is 0 Å². The summed E-state index contributed by atoms with van der Waals surface area (Å²) in [6.45, 7) is 9.39. The van der Waals surface area contributed by atoms with Crippen molar-refractivity contribution in [3.05, 3.63) is 0 Å². The molecule has 0 aromatic heterocycles. The molecule has 2 N–H and O–H groups in total. The molecule has 0 aromatic rings. The van der Waals surface area contributed by atoms with E-state index in [0.29, 0.717) is 12.0 Å². The third-order valence-electron chi connectivity index (χ3n) is 3.64. The van der Waals surface area contributed by atoms with Gasteiger partial charge in [-0.1, -0.05) is 20.3 Å². The van der Waals surface area contributed by atoms with Crippen molar-refractivity contribution in [1.82, 2.24) is 10.2 Å². The molecule has 16 heavy (non-hydrogen) atoms. The molecule has 0 bridgehead atoms. The van der Waals surface area contributed by atoms with Crippen LogP contribution in [0.15, 0.2) is 0 Å². The summed E-state index contributed by atoms with van der Waals surface area (Å²) in [5, 5.41) is 13.7. The molecule has 3 unspecified atom stereocenters. The van der Waals surface area contributed by atoms with Gasteiger partial charge in [0, 0.05) is 19.1 Å². The predicted molar refractivity (Wildman–Crippen MR) is 68.6 cm³/mol. The van der Waals surface area contributed by atoms with E-state index < -0.39 is 5.60 Å². The highest BCUT2D eigenvalue weighted by atomic mass is 16.3. The quantitative estimate of drug-likeness (QED) is 0.748. The molecule has 1 fully saturated rings. The molecule has 0 saturated carbocycles. The van der Waals surface area contributed by atoms with Crippen molar-refractivity contribution in [2.24, 2.45) is 5.92 Å². The summed E-state index contributed by atoms with van der Waals surface area (Å²) in [5.41, 5.74) is -0.544. The van der Waals surface area contributed by atoms with Crippen LogP contribution in [0.4, 0.5) is 0 Å². The Bertz CT molecular complexity index is 206. The zero-order chi connectivity index (χ0) is 12.2. The number of hydrogen-bond donors (Lipinski definition) is 2. The Morgan fingerprint density at radius 1 is 1.50 bits per heavy atom. The molecule has 3 atom stereocenters. The van der Waals surface area contributed by atoms with E-state index in [1.54, 1.807) is 0 Å². The number of rotatable bonds is 5. The van der Waals surface area contributed by atoms with Gasteiger partial charge in [-0.15, -0.1) is 0 Å². The summed E-state index contributed by atoms with van der Waals surface area (Å²) >= 11 is 0. The number of likely N-dealkylation sites (tertiary alicyclic amines) is 1. The van der Waals surface area contributed by atoms with E-state index in [9.17, 15) is 5.11 Å². The molecule has 0 radical (unpaired) electrons. The van der Waals surface area contributed by atoms with Crippen molar-refractivity contribution in [2.75, 3.05) is 26.7 Å². The van der Waals surface area contributed by atoms with Crippen molar-refractivity contribution in [3.63, 3.8) is 0 Å². The fourth-order valence-electron chi connectivity index (χ4n) is 2.64. The predicted octanol–water partition coefficient (Wildman–Crippen LogP) is 1.47. The van der Waals surface area contributed by atoms with E-state index in [2.05, 4.69) is 31.1 Å². The third-order valence-corrected chi connectivity index (χ3v) is 3.64. The second kappa shape index (κ2) is 5.99. The Morgan fingerprint density at radius 2 is 2.19 bits per heavy atom. The molecule has 1 aliphatic heterocycles. The van der Waals surface area contributed by atoms with E-state index in [4.69, 9.17) is 0 Å². The summed E-state index contributed by atoms with van der Waals surface area (Å²) in [7, 11) is 2.18. The Balaban J connectivity index is 2.32. The van der Waals surface area contributed by atoms with E-state index in [0.717, 1.165) is 32.5 Å². The molecule has 1 rings (SSSR count). The van der Waals surface area contributed by atoms with Gasteiger partial charge in [-0.25, -0.2) is 0 Å². The number of hydrogen-bond acceptors (Lipinski definition) is 3. The molecule has 1 aliphatic rings. The molecule has 96 valence electrons. The van der Waals surface area contributed by atoms with Crippen LogP contribution in [0, 0.1) is 5.92 Å². The van der Waals surface area contributed by atoms with Gasteiger partial charge in [0.1, 0.15) is 0 Å². The lowest BCUT2D eigenvalue weighted by Crippen LogP contribution is -2.50. The number of piperidine rings is 1. The first-order chi connectivity index (χ1) is 7.44. The van der Waals surface area contributed by atoms with Crippen LogP contribution in [0.25, 0.3) is 0 Å². The Kier molecular flexibility index (Phi) is 5.22. The van der Waals surface area contributed by atoms with Crippen molar-refractivity contribution in [1.29, 1.82) is 0 Å². The average molecular weight is 228 g/mol. The maximum atomic E-state index is 10.1. The normalized spacial score (nSPS) is 31.3. The van der Waals surface area contributed by atoms with Gasteiger partial charge in [0.2, 0.25) is 0 Å². The van der Waals surface area contributed by atoms with Crippen LogP contribution in [0.3, 0.4) is 0 Å². The maximum Gasteiger partial charge on any atom is 0.0743 e. The summed E-state index contributed by atoms with van der Waals surface area (Å²) in [4.78, 5) is 2.38. The molecule has 1 saturated heterocycles. The smallest absolute Gasteiger partial charge is 0.0743 e. The average Bonchev–Trinajstić information content (AvgIpc) is 2.16. The largest absolute Gasteiger partial charge is 0.389 e. The highest BCUT2D eigenvalue weighted by Crippen LogP contribution is 2.17. The molecule has 0 aromatic carbocycles. The van der Waals surface area contributed by atoms with Crippen LogP contribution < -0.4 is 5.32 Å². The first-order valence-electron chi connectivity index (χ1n) is 6.59. The molecule has 0 aliphatic carbocycles. The molecule has 0 spiro atoms. The molecule has 3 heteroatoms. The second-order valence-corrected chi connectivity index (χ2v) is 5.76. The van der Waals surface area contributed by atoms with E-state index in [1.165, 1.54) is 6.42 Å². The van der Waals surface area contributed by atoms with Crippen molar-refractivity contribution < 1.29 is 5.11 Å². The number of nitrogens with zero attached hydrogens (tertiary/aromatic N) is 1. The number of aliphatic hydroxyl groups is 1. The molecule has 1 heterocycles. The van der Waals surface area contributed by atoms with Crippen LogP contribution in [-0.4, -0.2) is 48.3 Å². The minimum atomic E-state index is -0.544. The van der Waals surface area contributed by atoms with Crippen LogP contribution in [0.5, 0.6) is 0 Å². The lowest BCUT2D eigenvalue weighted by Gasteiger charge is -2.37. The first-order valence-corrected chi connectivity index (χ1v) is 6.59. The van der Waals surface area contributed by atoms with Crippen molar-refractivity contribution in [2.45, 2.75) is 51.7 Å². The zero-order valence-electron chi connectivity index (χ0n) is 11.3. The van der Waals surface area contributed by atoms with Gasteiger partial charge in [-0.2, -0.15) is 0 Å². The van der Waals surface area contributed by atoms with Gasteiger partial charge in [0.05, 0.1) is 5.60 Å². The van der Waals surface area contributed by atoms with E-state index >= 15 is 0 Å². The fraction of sp³-hybridized carbons (Fsp3) is 1.00. The summed E-state index contributed by atoms with van der Waals surface area (Å²) < 4.78 is 0. The van der Waals surface area contributed by atoms with Crippen LogP contribution in [-0.2, 0) is 0 Å². The van der Waals surface area contributed by atoms with Gasteiger partial charge in [0.25, 0.3) is 0 Å². The lowest BCUT2D eigenvalue weighted by molar-refractivity contribution is 0.0407. The minimum absolute atomic E-state index is 0.544. The molecular weight excluding hydrogens is 200 g/mol. The zero-order valence-corrected chi connectivity index (χ0v) is 11.3. The standard InChI is InChI=1S/C13H28N2O/c1-5-7-13(3,16)10-14-12-6-8-15(4)9-11(12)2/h11-12,14,16H,5-10H2,1-4H3. The van der Waals surface area contributed by atoms with Crippen LogP contribution in [0.1, 0.15) is 40.0 Å². The van der Waals surface area contributed by atoms with E-state index in [-0.39, 0.29) is 0 Å². The highest BCUT2D eigenvalue weighted by Gasteiger charge is 2.26. The lowest BCUT2D eigenvalue weighted by atomic mass is 9.92. The molecule has 0 amide bonds. The van der Waals surface area contributed by atoms with Gasteiger partial charge < -0.3 is 15.3 Å². The van der Waals surface area contributed by atoms with Crippen molar-refractivity contribution >= 4 is 0 Å². The van der Waals surface area contributed by atoms with E-state index in [1.807, 2.05) is 6.92 Å². The Morgan fingerprint density at radius 3 is 2.75 bits per heavy atom. The van der Waals surface area contributed by atoms with Gasteiger partial charge in [-0.05, 0) is 39.3 Å². The van der Waals surface area contributed by atoms with Gasteiger partial charge in [-0.3, -0.25) is 0 Å². The fourth-order valence-corrected chi connectivity index (χ4v) is 2.64. The highest BCUT2D eigenvalue weighted by molar-refractivity contribution is 4.84.